The Morgan fingerprint density at radius 1 is 1.22 bits per heavy atom. The Labute approximate surface area is 186 Å². The van der Waals surface area contributed by atoms with Gasteiger partial charge in [0.2, 0.25) is 0 Å². The van der Waals surface area contributed by atoms with Gasteiger partial charge in [0.05, 0.1) is 11.7 Å². The first-order chi connectivity index (χ1) is 15.5. The van der Waals surface area contributed by atoms with Crippen molar-refractivity contribution in [1.29, 1.82) is 0 Å². The fraction of sp³-hybridized carbons (Fsp3) is 0.542. The van der Waals surface area contributed by atoms with Crippen LogP contribution in [0.3, 0.4) is 0 Å². The van der Waals surface area contributed by atoms with Crippen molar-refractivity contribution in [1.82, 2.24) is 24.9 Å². The average molecular weight is 440 g/mol. The van der Waals surface area contributed by atoms with Gasteiger partial charge >= 0.3 is 0 Å². The minimum Gasteiger partial charge on any atom is -0.356 e. The van der Waals surface area contributed by atoms with E-state index >= 15 is 0 Å². The van der Waals surface area contributed by atoms with Crippen LogP contribution in [0.4, 0.5) is 4.39 Å². The molecule has 1 fully saturated rings. The van der Waals surface area contributed by atoms with Gasteiger partial charge in [0.1, 0.15) is 11.6 Å². The molecule has 0 aliphatic carbocycles. The van der Waals surface area contributed by atoms with Crippen molar-refractivity contribution in [2.45, 2.75) is 57.5 Å². The molecule has 1 N–H and O–H groups in total. The standard InChI is InChI=1S/C24H30FN5O2/c1-15-18(24(31)30-10-3-4-20(26-2)23(30)27-15)9-13-29-11-7-16(8-12-29)22-19-6-5-17(25)14-21(19)32-28-22/h5-6,14,16,20,26H,3-4,7-13H2,1-2H3. The molecule has 1 aromatic carbocycles. The van der Waals surface area contributed by atoms with Gasteiger partial charge in [-0.2, -0.15) is 0 Å². The monoisotopic (exact) mass is 439 g/mol. The van der Waals surface area contributed by atoms with E-state index in [1.54, 1.807) is 6.07 Å². The smallest absolute Gasteiger partial charge is 0.257 e. The molecule has 1 saturated heterocycles. The number of nitrogens with zero attached hydrogens (tertiary/aromatic N) is 4. The first-order valence-corrected chi connectivity index (χ1v) is 11.6. The van der Waals surface area contributed by atoms with Crippen molar-refractivity contribution >= 4 is 11.0 Å². The number of rotatable bonds is 5. The zero-order valence-electron chi connectivity index (χ0n) is 18.7. The van der Waals surface area contributed by atoms with Crippen molar-refractivity contribution in [2.24, 2.45) is 0 Å². The zero-order chi connectivity index (χ0) is 22.2. The number of benzene rings is 1. The van der Waals surface area contributed by atoms with E-state index in [0.717, 1.165) is 86.4 Å². The van der Waals surface area contributed by atoms with Gasteiger partial charge in [-0.3, -0.25) is 9.36 Å². The van der Waals surface area contributed by atoms with Gasteiger partial charge in [-0.05, 0) is 71.3 Å². The maximum atomic E-state index is 13.4. The molecular formula is C24H30FN5O2. The molecule has 2 aliphatic heterocycles. The lowest BCUT2D eigenvalue weighted by Crippen LogP contribution is -2.39. The number of piperidine rings is 1. The highest BCUT2D eigenvalue weighted by Crippen LogP contribution is 2.32. The van der Waals surface area contributed by atoms with Crippen LogP contribution in [0.5, 0.6) is 0 Å². The van der Waals surface area contributed by atoms with Crippen LogP contribution in [-0.2, 0) is 13.0 Å². The van der Waals surface area contributed by atoms with E-state index in [4.69, 9.17) is 9.51 Å². The van der Waals surface area contributed by atoms with Gasteiger partial charge in [0.15, 0.2) is 5.58 Å². The molecule has 0 amide bonds. The van der Waals surface area contributed by atoms with Crippen molar-refractivity contribution in [2.75, 3.05) is 26.7 Å². The van der Waals surface area contributed by atoms with Gasteiger partial charge in [0.25, 0.3) is 5.56 Å². The Kier molecular flexibility index (Phi) is 5.82. The van der Waals surface area contributed by atoms with E-state index in [-0.39, 0.29) is 17.4 Å². The average Bonchev–Trinajstić information content (AvgIpc) is 3.22. The number of likely N-dealkylation sites (tertiary alicyclic amines) is 1. The summed E-state index contributed by atoms with van der Waals surface area (Å²) in [6.45, 7) is 5.46. The van der Waals surface area contributed by atoms with E-state index < -0.39 is 0 Å². The number of aryl methyl sites for hydroxylation is 1. The molecule has 5 rings (SSSR count). The fourth-order valence-corrected chi connectivity index (χ4v) is 5.27. The summed E-state index contributed by atoms with van der Waals surface area (Å²) >= 11 is 0. The molecule has 32 heavy (non-hydrogen) atoms. The number of nitrogens with one attached hydrogen (secondary N) is 1. The number of hydrogen-bond acceptors (Lipinski definition) is 6. The highest BCUT2D eigenvalue weighted by Gasteiger charge is 2.27. The Bertz CT molecular complexity index is 1180. The highest BCUT2D eigenvalue weighted by atomic mass is 19.1. The molecule has 0 spiro atoms. The summed E-state index contributed by atoms with van der Waals surface area (Å²) in [7, 11) is 1.93. The van der Waals surface area contributed by atoms with E-state index in [9.17, 15) is 9.18 Å². The first-order valence-electron chi connectivity index (χ1n) is 11.6. The first kappa shape index (κ1) is 21.3. The van der Waals surface area contributed by atoms with E-state index in [0.29, 0.717) is 11.5 Å². The Balaban J connectivity index is 1.24. The summed E-state index contributed by atoms with van der Waals surface area (Å²) in [6, 6.07) is 4.78. The van der Waals surface area contributed by atoms with Gasteiger partial charge < -0.3 is 14.7 Å². The van der Waals surface area contributed by atoms with Gasteiger partial charge in [-0.25, -0.2) is 9.37 Å². The second-order valence-electron chi connectivity index (χ2n) is 9.05. The number of aromatic nitrogens is 3. The van der Waals surface area contributed by atoms with E-state index in [1.807, 2.05) is 18.5 Å². The van der Waals surface area contributed by atoms with Gasteiger partial charge in [0, 0.05) is 41.7 Å². The lowest BCUT2D eigenvalue weighted by atomic mass is 9.91. The molecule has 4 heterocycles. The maximum Gasteiger partial charge on any atom is 0.257 e. The third kappa shape index (κ3) is 3.86. The third-order valence-corrected chi connectivity index (χ3v) is 7.15. The predicted octanol–water partition coefficient (Wildman–Crippen LogP) is 3.31. The maximum absolute atomic E-state index is 13.4. The molecule has 0 saturated carbocycles. The Morgan fingerprint density at radius 3 is 2.81 bits per heavy atom. The molecule has 0 radical (unpaired) electrons. The molecule has 8 heteroatoms. The van der Waals surface area contributed by atoms with Crippen LogP contribution in [0.25, 0.3) is 11.0 Å². The topological polar surface area (TPSA) is 76.2 Å². The van der Waals surface area contributed by atoms with E-state index in [1.165, 1.54) is 12.1 Å². The predicted molar refractivity (Wildman–Crippen MR) is 120 cm³/mol. The minimum absolute atomic E-state index is 0.128. The van der Waals surface area contributed by atoms with Crippen LogP contribution < -0.4 is 10.9 Å². The number of hydrogen-bond donors (Lipinski definition) is 1. The molecule has 3 aromatic rings. The fourth-order valence-electron chi connectivity index (χ4n) is 5.27. The zero-order valence-corrected chi connectivity index (χ0v) is 18.7. The lowest BCUT2D eigenvalue weighted by Gasteiger charge is -2.31. The van der Waals surface area contributed by atoms with Crippen molar-refractivity contribution in [3.8, 4) is 0 Å². The second-order valence-corrected chi connectivity index (χ2v) is 9.05. The van der Waals surface area contributed by atoms with Crippen molar-refractivity contribution < 1.29 is 8.91 Å². The highest BCUT2D eigenvalue weighted by molar-refractivity contribution is 5.79. The third-order valence-electron chi connectivity index (χ3n) is 7.15. The molecule has 170 valence electrons. The van der Waals surface area contributed by atoms with Crippen LogP contribution in [0.15, 0.2) is 27.5 Å². The SMILES string of the molecule is CNC1CCCn2c1nc(C)c(CCN1CCC(c3noc4cc(F)ccc34)CC1)c2=O. The van der Waals surface area contributed by atoms with Crippen LogP contribution in [-0.4, -0.2) is 46.3 Å². The summed E-state index contributed by atoms with van der Waals surface area (Å²) in [5.74, 6) is 0.888. The van der Waals surface area contributed by atoms with E-state index in [2.05, 4.69) is 15.4 Å². The van der Waals surface area contributed by atoms with Crippen LogP contribution in [0, 0.1) is 12.7 Å². The summed E-state index contributed by atoms with van der Waals surface area (Å²) < 4.78 is 20.6. The largest absolute Gasteiger partial charge is 0.356 e. The normalized spacial score (nSPS) is 20.0. The lowest BCUT2D eigenvalue weighted by molar-refractivity contribution is 0.211. The molecular weight excluding hydrogens is 409 g/mol. The number of fused-ring (bicyclic) bond motifs is 2. The van der Waals surface area contributed by atoms with Crippen LogP contribution in [0.1, 0.15) is 60.4 Å². The molecule has 2 aliphatic rings. The molecule has 1 atom stereocenters. The van der Waals surface area contributed by atoms with Crippen LogP contribution >= 0.6 is 0 Å². The second kappa shape index (κ2) is 8.75. The summed E-state index contributed by atoms with van der Waals surface area (Å²) in [5.41, 5.74) is 3.28. The Hall–Kier alpha value is -2.58. The molecule has 1 unspecified atom stereocenters. The molecule has 0 bridgehead atoms. The summed E-state index contributed by atoms with van der Waals surface area (Å²) in [6.07, 6.45) is 4.69. The van der Waals surface area contributed by atoms with Gasteiger partial charge in [-0.1, -0.05) is 5.16 Å². The molecule has 7 nitrogen and oxygen atoms in total. The number of halogens is 1. The summed E-state index contributed by atoms with van der Waals surface area (Å²) in [4.78, 5) is 20.4. The van der Waals surface area contributed by atoms with Crippen LogP contribution in [0.2, 0.25) is 0 Å². The van der Waals surface area contributed by atoms with Crippen molar-refractivity contribution in [3.63, 3.8) is 0 Å². The molecule has 2 aromatic heterocycles. The van der Waals surface area contributed by atoms with Gasteiger partial charge in [-0.15, -0.1) is 0 Å². The van der Waals surface area contributed by atoms with Crippen molar-refractivity contribution in [3.05, 3.63) is 57.1 Å². The Morgan fingerprint density at radius 2 is 2.03 bits per heavy atom. The summed E-state index contributed by atoms with van der Waals surface area (Å²) in [5, 5.41) is 8.44. The minimum atomic E-state index is -0.306. The quantitative estimate of drug-likeness (QED) is 0.657.